The van der Waals surface area contributed by atoms with E-state index in [9.17, 15) is 4.79 Å². The van der Waals surface area contributed by atoms with Gasteiger partial charge in [0.2, 0.25) is 0 Å². The van der Waals surface area contributed by atoms with Crippen LogP contribution in [0.4, 0.5) is 5.82 Å². The molecule has 0 atom stereocenters. The van der Waals surface area contributed by atoms with Gasteiger partial charge in [0, 0.05) is 56.1 Å². The molecule has 0 saturated carbocycles. The molecule has 5 rings (SSSR count). The number of hydrogen-bond donors (Lipinski definition) is 0. The molecule has 4 heterocycles. The van der Waals surface area contributed by atoms with Gasteiger partial charge in [0.25, 0.3) is 5.91 Å². The molecule has 0 unspecified atom stereocenters. The maximum Gasteiger partial charge on any atom is 0.254 e. The predicted octanol–water partition coefficient (Wildman–Crippen LogP) is 4.29. The fourth-order valence-electron chi connectivity index (χ4n) is 5.01. The Morgan fingerprint density at radius 3 is 2.58 bits per heavy atom. The molecule has 0 bridgehead atoms. The number of aromatic nitrogens is 2. The van der Waals surface area contributed by atoms with Crippen molar-refractivity contribution in [2.45, 2.75) is 46.6 Å². The Kier molecular flexibility index (Phi) is 6.34. The van der Waals surface area contributed by atoms with Crippen molar-refractivity contribution in [2.24, 2.45) is 0 Å². The van der Waals surface area contributed by atoms with Crippen LogP contribution in [-0.4, -0.2) is 64.9 Å². The summed E-state index contributed by atoms with van der Waals surface area (Å²) in [4.78, 5) is 32.6. The number of benzene rings is 1. The van der Waals surface area contributed by atoms with E-state index in [0.29, 0.717) is 0 Å². The Morgan fingerprint density at radius 2 is 1.85 bits per heavy atom. The fraction of sp³-hybridized carbons (Fsp3) is 0.500. The lowest BCUT2D eigenvalue weighted by atomic mass is 10.0. The van der Waals surface area contributed by atoms with Crippen LogP contribution < -0.4 is 4.90 Å². The lowest BCUT2D eigenvalue weighted by Gasteiger charge is -2.36. The third-order valence-electron chi connectivity index (χ3n) is 6.97. The van der Waals surface area contributed by atoms with E-state index in [1.54, 1.807) is 0 Å². The third-order valence-corrected chi connectivity index (χ3v) is 8.08. The molecule has 6 nitrogen and oxygen atoms in total. The molecule has 0 spiro atoms. The lowest BCUT2D eigenvalue weighted by Crippen LogP contribution is -2.49. The minimum atomic E-state index is 0.139. The number of nitrogens with zero attached hydrogens (tertiary/aromatic N) is 5. The van der Waals surface area contributed by atoms with Gasteiger partial charge in [0.1, 0.15) is 16.5 Å². The molecule has 1 aromatic carbocycles. The summed E-state index contributed by atoms with van der Waals surface area (Å²) in [6.45, 7) is 12.7. The van der Waals surface area contributed by atoms with E-state index in [4.69, 9.17) is 9.97 Å². The maximum absolute atomic E-state index is 13.1. The van der Waals surface area contributed by atoms with Crippen LogP contribution in [0.3, 0.4) is 0 Å². The first-order chi connectivity index (χ1) is 16.1. The number of amides is 1. The summed E-state index contributed by atoms with van der Waals surface area (Å²) < 4.78 is 0. The number of carbonyl (C=O) groups excluding carboxylic acids is 1. The molecule has 33 heavy (non-hydrogen) atoms. The summed E-state index contributed by atoms with van der Waals surface area (Å²) in [6, 6.07) is 7.88. The summed E-state index contributed by atoms with van der Waals surface area (Å²) in [5, 5.41) is 1.27. The van der Waals surface area contributed by atoms with Crippen LogP contribution in [0.5, 0.6) is 0 Å². The highest BCUT2D eigenvalue weighted by Gasteiger charge is 2.29. The molecule has 0 radical (unpaired) electrons. The quantitative estimate of drug-likeness (QED) is 0.565. The van der Waals surface area contributed by atoms with Gasteiger partial charge in [-0.25, -0.2) is 9.97 Å². The number of hydrogen-bond acceptors (Lipinski definition) is 6. The van der Waals surface area contributed by atoms with Crippen LogP contribution in [0.2, 0.25) is 0 Å². The lowest BCUT2D eigenvalue weighted by molar-refractivity contribution is 0.0746. The van der Waals surface area contributed by atoms with Gasteiger partial charge in [0.05, 0.1) is 5.39 Å². The number of piperazine rings is 1. The number of aryl methyl sites for hydroxylation is 2. The number of carbonyl (C=O) groups is 1. The third kappa shape index (κ3) is 4.24. The van der Waals surface area contributed by atoms with Gasteiger partial charge in [-0.05, 0) is 43.5 Å². The second kappa shape index (κ2) is 9.39. The molecule has 1 amide bonds. The summed E-state index contributed by atoms with van der Waals surface area (Å²) in [5.74, 6) is 2.18. The topological polar surface area (TPSA) is 52.6 Å². The summed E-state index contributed by atoms with van der Waals surface area (Å²) in [7, 11) is 0. The number of anilines is 1. The SMILES string of the molecule is CCCc1nc(N2CCN(C(=O)c3ccccc3C)CC2)c2c3c(sc2n1)CN(CC)CC3. The molecule has 1 saturated heterocycles. The van der Waals surface area contributed by atoms with Gasteiger partial charge in [-0.15, -0.1) is 11.3 Å². The monoisotopic (exact) mass is 463 g/mol. The van der Waals surface area contributed by atoms with Crippen molar-refractivity contribution in [2.75, 3.05) is 44.2 Å². The Balaban J connectivity index is 1.43. The van der Waals surface area contributed by atoms with Gasteiger partial charge in [-0.1, -0.05) is 32.0 Å². The second-order valence-corrected chi connectivity index (χ2v) is 10.2. The molecule has 0 N–H and O–H groups in total. The average Bonchev–Trinajstić information content (AvgIpc) is 3.21. The van der Waals surface area contributed by atoms with Crippen LogP contribution in [0, 0.1) is 6.92 Å². The summed E-state index contributed by atoms with van der Waals surface area (Å²) in [6.07, 6.45) is 3.01. The minimum Gasteiger partial charge on any atom is -0.352 e. The fourth-order valence-corrected chi connectivity index (χ4v) is 6.29. The van der Waals surface area contributed by atoms with Gasteiger partial charge < -0.3 is 9.80 Å². The van der Waals surface area contributed by atoms with Crippen LogP contribution in [0.25, 0.3) is 10.2 Å². The number of thiophene rings is 1. The zero-order valence-corrected chi connectivity index (χ0v) is 20.7. The zero-order chi connectivity index (χ0) is 22.9. The van der Waals surface area contributed by atoms with E-state index in [1.165, 1.54) is 15.8 Å². The molecular weight excluding hydrogens is 430 g/mol. The minimum absolute atomic E-state index is 0.139. The van der Waals surface area contributed by atoms with Crippen LogP contribution in [-0.2, 0) is 19.4 Å². The van der Waals surface area contributed by atoms with Crippen LogP contribution in [0.1, 0.15) is 52.5 Å². The normalized spacial score (nSPS) is 16.9. The largest absolute Gasteiger partial charge is 0.352 e. The predicted molar refractivity (Wildman–Crippen MR) is 135 cm³/mol. The van der Waals surface area contributed by atoms with Gasteiger partial charge >= 0.3 is 0 Å². The van der Waals surface area contributed by atoms with E-state index < -0.39 is 0 Å². The molecule has 174 valence electrons. The van der Waals surface area contributed by atoms with Crippen LogP contribution >= 0.6 is 11.3 Å². The summed E-state index contributed by atoms with van der Waals surface area (Å²) in [5.41, 5.74) is 3.31. The first kappa shape index (κ1) is 22.3. The standard InChI is InChI=1S/C26H33N5OS/c1-4-8-22-27-24(23-20-11-12-29(5-2)17-21(20)33-25(23)28-22)30-13-15-31(16-14-30)26(32)19-10-7-6-9-18(19)3/h6-7,9-10H,4-5,8,11-17H2,1-3H3. The Bertz CT molecular complexity index is 1160. The Morgan fingerprint density at radius 1 is 1.06 bits per heavy atom. The van der Waals surface area contributed by atoms with E-state index in [0.717, 1.165) is 92.7 Å². The van der Waals surface area contributed by atoms with E-state index in [-0.39, 0.29) is 5.91 Å². The zero-order valence-electron chi connectivity index (χ0n) is 19.9. The highest BCUT2D eigenvalue weighted by Crippen LogP contribution is 2.39. The molecular formula is C26H33N5OS. The van der Waals surface area contributed by atoms with Gasteiger partial charge in [0.15, 0.2) is 0 Å². The number of fused-ring (bicyclic) bond motifs is 3. The molecule has 1 fully saturated rings. The first-order valence-electron chi connectivity index (χ1n) is 12.2. The molecule has 2 aliphatic heterocycles. The Labute approximate surface area is 200 Å². The van der Waals surface area contributed by atoms with Crippen molar-refractivity contribution >= 4 is 33.3 Å². The summed E-state index contributed by atoms with van der Waals surface area (Å²) >= 11 is 1.86. The van der Waals surface area contributed by atoms with Crippen molar-refractivity contribution in [3.63, 3.8) is 0 Å². The molecule has 2 aliphatic rings. The second-order valence-electron chi connectivity index (χ2n) is 9.11. The van der Waals surface area contributed by atoms with E-state index in [2.05, 4.69) is 23.6 Å². The smallest absolute Gasteiger partial charge is 0.254 e. The highest BCUT2D eigenvalue weighted by molar-refractivity contribution is 7.19. The molecule has 3 aromatic rings. The number of likely N-dealkylation sites (N-methyl/N-ethyl adjacent to an activating group) is 1. The Hall–Kier alpha value is -2.51. The van der Waals surface area contributed by atoms with Crippen molar-refractivity contribution in [3.05, 3.63) is 51.7 Å². The molecule has 2 aromatic heterocycles. The van der Waals surface area contributed by atoms with Crippen molar-refractivity contribution < 1.29 is 4.79 Å². The van der Waals surface area contributed by atoms with Gasteiger partial charge in [-0.2, -0.15) is 0 Å². The van der Waals surface area contributed by atoms with Crippen LogP contribution in [0.15, 0.2) is 24.3 Å². The first-order valence-corrected chi connectivity index (χ1v) is 13.0. The maximum atomic E-state index is 13.1. The number of rotatable bonds is 5. The molecule has 7 heteroatoms. The molecule has 0 aliphatic carbocycles. The van der Waals surface area contributed by atoms with E-state index >= 15 is 0 Å². The van der Waals surface area contributed by atoms with Gasteiger partial charge in [-0.3, -0.25) is 9.69 Å². The van der Waals surface area contributed by atoms with E-state index in [1.807, 2.05) is 47.4 Å². The van der Waals surface area contributed by atoms with Crippen molar-refractivity contribution in [1.82, 2.24) is 19.8 Å². The average molecular weight is 464 g/mol. The van der Waals surface area contributed by atoms with Crippen molar-refractivity contribution in [1.29, 1.82) is 0 Å². The van der Waals surface area contributed by atoms with Crippen molar-refractivity contribution in [3.8, 4) is 0 Å². The highest BCUT2D eigenvalue weighted by atomic mass is 32.1.